The van der Waals surface area contributed by atoms with Crippen LogP contribution in [0.5, 0.6) is 0 Å². The summed E-state index contributed by atoms with van der Waals surface area (Å²) in [7, 11) is 0. The van der Waals surface area contributed by atoms with Gasteiger partial charge in [0.25, 0.3) is 0 Å². The van der Waals surface area contributed by atoms with Gasteiger partial charge in [-0.05, 0) is 123 Å². The molecular weight excluding hydrogens is 725 g/mol. The molecule has 4 aliphatic carbocycles. The first-order valence-electron chi connectivity index (χ1n) is 22.3. The van der Waals surface area contributed by atoms with E-state index in [1.54, 1.807) is 22.3 Å². The van der Waals surface area contributed by atoms with Gasteiger partial charge in [-0.15, -0.1) is 0 Å². The quantitative estimate of drug-likeness (QED) is 0.174. The molecule has 0 bridgehead atoms. The van der Waals surface area contributed by atoms with E-state index in [2.05, 4.69) is 146 Å². The lowest BCUT2D eigenvalue weighted by molar-refractivity contribution is 0.350. The van der Waals surface area contributed by atoms with Crippen molar-refractivity contribution in [2.75, 3.05) is 0 Å². The van der Waals surface area contributed by atoms with Gasteiger partial charge in [0.1, 0.15) is 0 Å². The zero-order chi connectivity index (χ0) is 39.7. The predicted octanol–water partition coefficient (Wildman–Crippen LogP) is 15.3. The fourth-order valence-electron chi connectivity index (χ4n) is 11.8. The van der Waals surface area contributed by atoms with Crippen molar-refractivity contribution in [3.8, 4) is 78.4 Å². The molecule has 8 aromatic rings. The van der Waals surface area contributed by atoms with E-state index in [4.69, 9.17) is 9.97 Å². The molecule has 0 atom stereocenters. The summed E-state index contributed by atoms with van der Waals surface area (Å²) in [4.78, 5) is 10.1. The molecule has 1 aromatic heterocycles. The van der Waals surface area contributed by atoms with Crippen LogP contribution in [-0.4, -0.2) is 9.97 Å². The first-order chi connectivity index (χ1) is 29.7. The third-order valence-corrected chi connectivity index (χ3v) is 14.7. The van der Waals surface area contributed by atoms with Crippen molar-refractivity contribution >= 4 is 0 Å². The molecule has 0 saturated heterocycles. The first-order valence-corrected chi connectivity index (χ1v) is 22.3. The average molecular weight is 773 g/mol. The van der Waals surface area contributed by atoms with Crippen LogP contribution in [0.25, 0.3) is 78.4 Å². The number of fused-ring (bicyclic) bond motifs is 10. The van der Waals surface area contributed by atoms with Crippen LogP contribution >= 0.6 is 0 Å². The molecule has 2 spiro atoms. The predicted molar refractivity (Wildman–Crippen MR) is 248 cm³/mol. The van der Waals surface area contributed by atoms with Crippen LogP contribution in [0.1, 0.15) is 86.5 Å². The lowest BCUT2D eigenvalue weighted by atomic mass is 9.66. The molecule has 0 radical (unpaired) electrons. The van der Waals surface area contributed by atoms with Gasteiger partial charge in [-0.3, -0.25) is 0 Å². The summed E-state index contributed by atoms with van der Waals surface area (Å²) in [6.07, 6.45) is 13.0. The molecule has 2 saturated carbocycles. The standard InChI is InChI=1S/C58H48N2/c1-5-16-40(17-6-1)54-38-55(60-56(59-54)42-18-7-2-8-19-42)41-26-24-39(25-27-41)43-20-15-21-44(34-43)45-28-29-47-49-37-52-48(36-53(49)58(51(47)35-45)32-13-4-14-33-58)46-22-9-10-23-50(46)57(52)30-11-3-12-31-57/h1-2,5-10,15-29,34-38H,3-4,11-14,30-33H2. The normalized spacial score (nSPS) is 16.6. The molecule has 7 aromatic carbocycles. The van der Waals surface area contributed by atoms with Crippen LogP contribution in [0.15, 0.2) is 170 Å². The number of rotatable bonds is 5. The van der Waals surface area contributed by atoms with E-state index in [-0.39, 0.29) is 10.8 Å². The molecule has 1 heterocycles. The number of hydrogen-bond acceptors (Lipinski definition) is 2. The maximum absolute atomic E-state index is 5.07. The van der Waals surface area contributed by atoms with Gasteiger partial charge in [-0.25, -0.2) is 9.97 Å². The van der Waals surface area contributed by atoms with Crippen LogP contribution in [0.4, 0.5) is 0 Å². The fourth-order valence-corrected chi connectivity index (χ4v) is 11.8. The second kappa shape index (κ2) is 14.1. The van der Waals surface area contributed by atoms with Gasteiger partial charge >= 0.3 is 0 Å². The maximum Gasteiger partial charge on any atom is 0.160 e. The zero-order valence-corrected chi connectivity index (χ0v) is 34.1. The smallest absolute Gasteiger partial charge is 0.160 e. The Hall–Kier alpha value is -6.38. The molecule has 0 aliphatic heterocycles. The highest BCUT2D eigenvalue weighted by Crippen LogP contribution is 2.62. The fraction of sp³-hybridized carbons (Fsp3) is 0.207. The molecular formula is C58H48N2. The summed E-state index contributed by atoms with van der Waals surface area (Å²) >= 11 is 0. The molecule has 12 rings (SSSR count). The Morgan fingerprint density at radius 1 is 0.283 bits per heavy atom. The topological polar surface area (TPSA) is 25.8 Å². The van der Waals surface area contributed by atoms with Crippen molar-refractivity contribution in [1.82, 2.24) is 9.97 Å². The molecule has 290 valence electrons. The van der Waals surface area contributed by atoms with E-state index in [1.165, 1.54) is 109 Å². The Labute approximate surface area is 354 Å². The van der Waals surface area contributed by atoms with Crippen molar-refractivity contribution in [1.29, 1.82) is 0 Å². The summed E-state index contributed by atoms with van der Waals surface area (Å²) in [5.41, 5.74) is 22.6. The molecule has 0 N–H and O–H groups in total. The number of hydrogen-bond donors (Lipinski definition) is 0. The van der Waals surface area contributed by atoms with Gasteiger partial charge in [-0.2, -0.15) is 0 Å². The van der Waals surface area contributed by atoms with Crippen LogP contribution in [-0.2, 0) is 10.8 Å². The third kappa shape index (κ3) is 5.60. The lowest BCUT2D eigenvalue weighted by Gasteiger charge is -2.37. The molecule has 2 heteroatoms. The minimum absolute atomic E-state index is 0.0837. The Morgan fingerprint density at radius 2 is 0.733 bits per heavy atom. The van der Waals surface area contributed by atoms with Crippen molar-refractivity contribution in [2.24, 2.45) is 0 Å². The Morgan fingerprint density at radius 3 is 1.38 bits per heavy atom. The van der Waals surface area contributed by atoms with E-state index < -0.39 is 0 Å². The zero-order valence-electron chi connectivity index (χ0n) is 34.1. The summed E-state index contributed by atoms with van der Waals surface area (Å²) in [6, 6.07) is 63.1. The highest BCUT2D eigenvalue weighted by atomic mass is 14.9. The van der Waals surface area contributed by atoms with Gasteiger partial charge < -0.3 is 0 Å². The second-order valence-corrected chi connectivity index (χ2v) is 17.9. The molecule has 0 unspecified atom stereocenters. The summed E-state index contributed by atoms with van der Waals surface area (Å²) in [5, 5.41) is 0. The van der Waals surface area contributed by atoms with Crippen molar-refractivity contribution in [3.63, 3.8) is 0 Å². The lowest BCUT2D eigenvalue weighted by Crippen LogP contribution is -2.29. The second-order valence-electron chi connectivity index (χ2n) is 17.9. The minimum Gasteiger partial charge on any atom is -0.228 e. The van der Waals surface area contributed by atoms with Gasteiger partial charge in [-0.1, -0.05) is 178 Å². The van der Waals surface area contributed by atoms with E-state index in [0.717, 1.165) is 33.9 Å². The molecule has 2 fully saturated rings. The number of aromatic nitrogens is 2. The van der Waals surface area contributed by atoms with Crippen LogP contribution < -0.4 is 0 Å². The average Bonchev–Trinajstić information content (AvgIpc) is 3.73. The van der Waals surface area contributed by atoms with Crippen molar-refractivity contribution in [2.45, 2.75) is 75.0 Å². The van der Waals surface area contributed by atoms with E-state index in [1.807, 2.05) is 24.3 Å². The van der Waals surface area contributed by atoms with E-state index in [0.29, 0.717) is 0 Å². The van der Waals surface area contributed by atoms with Crippen LogP contribution in [0, 0.1) is 0 Å². The Kier molecular flexibility index (Phi) is 8.37. The largest absolute Gasteiger partial charge is 0.228 e. The Balaban J connectivity index is 0.904. The molecule has 60 heavy (non-hydrogen) atoms. The number of benzene rings is 7. The summed E-state index contributed by atoms with van der Waals surface area (Å²) in [5.74, 6) is 0.735. The summed E-state index contributed by atoms with van der Waals surface area (Å²) in [6.45, 7) is 0. The first kappa shape index (κ1) is 35.6. The monoisotopic (exact) mass is 772 g/mol. The van der Waals surface area contributed by atoms with E-state index >= 15 is 0 Å². The highest BCUT2D eigenvalue weighted by Gasteiger charge is 2.49. The van der Waals surface area contributed by atoms with Crippen LogP contribution in [0.3, 0.4) is 0 Å². The highest BCUT2D eigenvalue weighted by molar-refractivity contribution is 5.91. The minimum atomic E-state index is 0.0837. The van der Waals surface area contributed by atoms with Crippen molar-refractivity contribution in [3.05, 3.63) is 192 Å². The van der Waals surface area contributed by atoms with Crippen molar-refractivity contribution < 1.29 is 0 Å². The maximum atomic E-state index is 5.07. The van der Waals surface area contributed by atoms with E-state index in [9.17, 15) is 0 Å². The molecule has 4 aliphatic rings. The van der Waals surface area contributed by atoms with Gasteiger partial charge in [0.05, 0.1) is 11.4 Å². The third-order valence-electron chi connectivity index (χ3n) is 14.7. The van der Waals surface area contributed by atoms with Gasteiger partial charge in [0.15, 0.2) is 5.82 Å². The molecule has 2 nitrogen and oxygen atoms in total. The van der Waals surface area contributed by atoms with Gasteiger partial charge in [0.2, 0.25) is 0 Å². The summed E-state index contributed by atoms with van der Waals surface area (Å²) < 4.78 is 0. The Bertz CT molecular complexity index is 2850. The number of nitrogens with zero attached hydrogens (tertiary/aromatic N) is 2. The SMILES string of the molecule is c1ccc(-c2cc(-c3ccc(-c4cccc(-c5ccc6c(c5)C5(CCCCC5)c5cc7c(cc5-6)C5(CCCCC5)c5ccccc5-7)c4)cc3)nc(-c3ccccc3)n2)cc1. The molecule has 0 amide bonds. The van der Waals surface area contributed by atoms with Crippen LogP contribution in [0.2, 0.25) is 0 Å². The van der Waals surface area contributed by atoms with Gasteiger partial charge in [0, 0.05) is 27.5 Å².